The Hall–Kier alpha value is -0.310. The molecule has 1 rings (SSSR count). The molecule has 3 heteroatoms. The summed E-state index contributed by atoms with van der Waals surface area (Å²) in [4.78, 5) is 11.3. The van der Waals surface area contributed by atoms with Crippen molar-refractivity contribution in [1.82, 2.24) is 0 Å². The van der Waals surface area contributed by atoms with Gasteiger partial charge in [0.05, 0.1) is 5.57 Å². The molecule has 1 heterocycles. The van der Waals surface area contributed by atoms with Gasteiger partial charge in [0.2, 0.25) is 0 Å². The predicted molar refractivity (Wildman–Crippen MR) is 55.6 cm³/mol. The number of cyclic esters (lactones) is 1. The van der Waals surface area contributed by atoms with Crippen LogP contribution >= 0.6 is 15.9 Å². The van der Waals surface area contributed by atoms with Gasteiger partial charge in [-0.15, -0.1) is 0 Å². The first-order chi connectivity index (χ1) is 6.20. The van der Waals surface area contributed by atoms with Crippen molar-refractivity contribution in [3.8, 4) is 0 Å². The number of hydrogen-bond donors (Lipinski definition) is 0. The fraction of sp³-hybridized carbons (Fsp3) is 0.700. The number of rotatable bonds is 4. The minimum atomic E-state index is -0.132. The third kappa shape index (κ3) is 2.33. The van der Waals surface area contributed by atoms with E-state index >= 15 is 0 Å². The van der Waals surface area contributed by atoms with Crippen LogP contribution in [0.4, 0.5) is 0 Å². The second-order valence-electron chi connectivity index (χ2n) is 3.26. The Labute approximate surface area is 87.5 Å². The summed E-state index contributed by atoms with van der Waals surface area (Å²) in [5.74, 6) is -0.132. The predicted octanol–water partition coefficient (Wildman–Crippen LogP) is 3.16. The highest BCUT2D eigenvalue weighted by Gasteiger charge is 2.30. The summed E-state index contributed by atoms with van der Waals surface area (Å²) in [6.07, 6.45) is 3.74. The fourth-order valence-electron chi connectivity index (χ4n) is 1.46. The van der Waals surface area contributed by atoms with Crippen LogP contribution in [-0.4, -0.2) is 12.1 Å². The largest absolute Gasteiger partial charge is 0.454 e. The van der Waals surface area contributed by atoms with E-state index in [0.29, 0.717) is 0 Å². The van der Waals surface area contributed by atoms with Gasteiger partial charge in [0.15, 0.2) is 0 Å². The monoisotopic (exact) mass is 246 g/mol. The number of esters is 1. The molecule has 0 N–H and O–H groups in total. The first-order valence-electron chi connectivity index (χ1n) is 4.80. The zero-order chi connectivity index (χ0) is 9.84. The maximum absolute atomic E-state index is 11.3. The van der Waals surface area contributed by atoms with Crippen LogP contribution in [0.3, 0.4) is 0 Å². The van der Waals surface area contributed by atoms with Crippen LogP contribution in [0.15, 0.2) is 10.1 Å². The lowest BCUT2D eigenvalue weighted by molar-refractivity contribution is -0.140. The van der Waals surface area contributed by atoms with Crippen molar-refractivity contribution in [2.45, 2.75) is 45.6 Å². The van der Waals surface area contributed by atoms with Gasteiger partial charge in [-0.05, 0) is 12.8 Å². The maximum atomic E-state index is 11.3. The number of halogens is 1. The molecule has 0 aliphatic carbocycles. The summed E-state index contributed by atoms with van der Waals surface area (Å²) in [6.45, 7) is 4.15. The van der Waals surface area contributed by atoms with E-state index < -0.39 is 0 Å². The van der Waals surface area contributed by atoms with Crippen LogP contribution in [0, 0.1) is 0 Å². The van der Waals surface area contributed by atoms with Gasteiger partial charge >= 0.3 is 5.97 Å². The fourth-order valence-corrected chi connectivity index (χ4v) is 2.15. The average Bonchev–Trinajstić information content (AvgIpc) is 2.34. The maximum Gasteiger partial charge on any atom is 0.335 e. The Morgan fingerprint density at radius 1 is 1.38 bits per heavy atom. The van der Waals surface area contributed by atoms with Crippen LogP contribution in [0.25, 0.3) is 0 Å². The van der Waals surface area contributed by atoms with E-state index in [4.69, 9.17) is 4.74 Å². The lowest BCUT2D eigenvalue weighted by Gasteiger charge is -2.07. The van der Waals surface area contributed by atoms with Gasteiger partial charge in [0.1, 0.15) is 6.10 Å². The summed E-state index contributed by atoms with van der Waals surface area (Å²) in [5, 5.41) is 0. The molecule has 1 aliphatic heterocycles. The minimum Gasteiger partial charge on any atom is -0.454 e. The van der Waals surface area contributed by atoms with E-state index in [1.54, 1.807) is 0 Å². The molecule has 1 atom stereocenters. The van der Waals surface area contributed by atoms with Crippen molar-refractivity contribution in [3.63, 3.8) is 0 Å². The molecule has 0 amide bonds. The standard InChI is InChI=1S/C10H15BrO2/c1-3-5-7-9(11)8(6-4-2)13-10(7)12/h8H,3-6H2,1-2H3. The van der Waals surface area contributed by atoms with E-state index in [0.717, 1.165) is 35.7 Å². The Morgan fingerprint density at radius 2 is 2.08 bits per heavy atom. The Bertz CT molecular complexity index is 233. The highest BCUT2D eigenvalue weighted by atomic mass is 79.9. The summed E-state index contributed by atoms with van der Waals surface area (Å²) in [5.41, 5.74) is 0.834. The molecule has 2 nitrogen and oxygen atoms in total. The molecule has 0 aromatic rings. The highest BCUT2D eigenvalue weighted by Crippen LogP contribution is 2.32. The van der Waals surface area contributed by atoms with Crippen molar-refractivity contribution < 1.29 is 9.53 Å². The molecule has 0 aromatic carbocycles. The molecular weight excluding hydrogens is 232 g/mol. The Balaban J connectivity index is 2.71. The van der Waals surface area contributed by atoms with E-state index in [2.05, 4.69) is 29.8 Å². The third-order valence-electron chi connectivity index (χ3n) is 2.12. The molecule has 0 bridgehead atoms. The lowest BCUT2D eigenvalue weighted by Crippen LogP contribution is -2.08. The molecule has 0 spiro atoms. The van der Waals surface area contributed by atoms with Crippen molar-refractivity contribution in [1.29, 1.82) is 0 Å². The number of ether oxygens (including phenoxy) is 1. The van der Waals surface area contributed by atoms with Crippen LogP contribution in [0.5, 0.6) is 0 Å². The lowest BCUT2D eigenvalue weighted by atomic mass is 10.1. The first-order valence-corrected chi connectivity index (χ1v) is 5.59. The van der Waals surface area contributed by atoms with Crippen molar-refractivity contribution in [3.05, 3.63) is 10.1 Å². The summed E-state index contributed by atoms with van der Waals surface area (Å²) >= 11 is 3.45. The van der Waals surface area contributed by atoms with Crippen LogP contribution in [0.2, 0.25) is 0 Å². The van der Waals surface area contributed by atoms with Crippen molar-refractivity contribution in [2.24, 2.45) is 0 Å². The van der Waals surface area contributed by atoms with Crippen LogP contribution in [-0.2, 0) is 9.53 Å². The Morgan fingerprint density at radius 3 is 2.62 bits per heavy atom. The quantitative estimate of drug-likeness (QED) is 0.713. The minimum absolute atomic E-state index is 0.0148. The van der Waals surface area contributed by atoms with Gasteiger partial charge in [0.25, 0.3) is 0 Å². The first kappa shape index (κ1) is 10.8. The molecule has 0 radical (unpaired) electrons. The molecule has 0 fully saturated rings. The second kappa shape index (κ2) is 4.80. The second-order valence-corrected chi connectivity index (χ2v) is 4.11. The Kier molecular flexibility index (Phi) is 3.97. The van der Waals surface area contributed by atoms with E-state index in [-0.39, 0.29) is 12.1 Å². The van der Waals surface area contributed by atoms with Crippen LogP contribution in [0.1, 0.15) is 39.5 Å². The molecule has 0 saturated carbocycles. The number of carbonyl (C=O) groups excluding carboxylic acids is 1. The molecule has 74 valence electrons. The van der Waals surface area contributed by atoms with E-state index in [9.17, 15) is 4.79 Å². The van der Waals surface area contributed by atoms with Gasteiger partial charge < -0.3 is 4.74 Å². The molecule has 13 heavy (non-hydrogen) atoms. The smallest absolute Gasteiger partial charge is 0.335 e. The summed E-state index contributed by atoms with van der Waals surface area (Å²) in [6, 6.07) is 0. The highest BCUT2D eigenvalue weighted by molar-refractivity contribution is 9.11. The topological polar surface area (TPSA) is 26.3 Å². The van der Waals surface area contributed by atoms with E-state index in [1.807, 2.05) is 0 Å². The molecule has 0 saturated heterocycles. The number of carbonyl (C=O) groups is 1. The van der Waals surface area contributed by atoms with E-state index in [1.165, 1.54) is 0 Å². The van der Waals surface area contributed by atoms with Crippen LogP contribution < -0.4 is 0 Å². The summed E-state index contributed by atoms with van der Waals surface area (Å²) < 4.78 is 6.19. The third-order valence-corrected chi connectivity index (χ3v) is 3.11. The molecular formula is C10H15BrO2. The number of hydrogen-bond acceptors (Lipinski definition) is 2. The average molecular weight is 247 g/mol. The van der Waals surface area contributed by atoms with Gasteiger partial charge in [0, 0.05) is 4.48 Å². The van der Waals surface area contributed by atoms with Gasteiger partial charge in [-0.25, -0.2) is 4.79 Å². The van der Waals surface area contributed by atoms with Crippen molar-refractivity contribution in [2.75, 3.05) is 0 Å². The van der Waals surface area contributed by atoms with Gasteiger partial charge in [-0.3, -0.25) is 0 Å². The SMILES string of the molecule is CCCC1=C(Br)C(CCC)OC1=O. The molecule has 1 unspecified atom stereocenters. The zero-order valence-corrected chi connectivity index (χ0v) is 9.69. The summed E-state index contributed by atoms with van der Waals surface area (Å²) in [7, 11) is 0. The molecule has 1 aliphatic rings. The zero-order valence-electron chi connectivity index (χ0n) is 8.10. The van der Waals surface area contributed by atoms with Gasteiger partial charge in [-0.2, -0.15) is 0 Å². The normalized spacial score (nSPS) is 22.4. The van der Waals surface area contributed by atoms with Crippen molar-refractivity contribution >= 4 is 21.9 Å². The van der Waals surface area contributed by atoms with Gasteiger partial charge in [-0.1, -0.05) is 42.6 Å². The molecule has 0 aromatic heterocycles.